The van der Waals surface area contributed by atoms with E-state index in [0.29, 0.717) is 17.6 Å². The second-order valence-corrected chi connectivity index (χ2v) is 4.92. The highest BCUT2D eigenvalue weighted by Gasteiger charge is 2.17. The average Bonchev–Trinajstić information content (AvgIpc) is 2.88. The van der Waals surface area contributed by atoms with E-state index in [2.05, 4.69) is 9.97 Å². The number of benzene rings is 1. The van der Waals surface area contributed by atoms with Gasteiger partial charge in [-0.2, -0.15) is 0 Å². The third-order valence-electron chi connectivity index (χ3n) is 3.45. The lowest BCUT2D eigenvalue weighted by Crippen LogP contribution is -2.11. The fourth-order valence-corrected chi connectivity index (χ4v) is 2.37. The van der Waals surface area contributed by atoms with Gasteiger partial charge in [-0.1, -0.05) is 12.1 Å². The standard InChI is InChI=1S/C14H12N6O3/c15-12-11-10(13(16)21)6-19(14(11)18-7-17-12)5-8-1-3-9(4-2-8)20(22)23/h1-4,6-7H,5H2,(H2,16,21)(H2,15,17,18). The minimum Gasteiger partial charge on any atom is -0.383 e. The molecule has 1 aromatic carbocycles. The van der Waals surface area contributed by atoms with Gasteiger partial charge in [-0.25, -0.2) is 9.97 Å². The van der Waals surface area contributed by atoms with E-state index in [1.165, 1.54) is 18.5 Å². The molecule has 0 bridgehead atoms. The highest BCUT2D eigenvalue weighted by molar-refractivity contribution is 6.08. The van der Waals surface area contributed by atoms with Crippen LogP contribution in [0.2, 0.25) is 0 Å². The fraction of sp³-hybridized carbons (Fsp3) is 0.0714. The van der Waals surface area contributed by atoms with Crippen LogP contribution in [0.15, 0.2) is 36.8 Å². The summed E-state index contributed by atoms with van der Waals surface area (Å²) in [5.41, 5.74) is 12.7. The SMILES string of the molecule is NC(=O)c1cn(Cc2ccc([N+](=O)[O-])cc2)c2ncnc(N)c12. The molecule has 4 N–H and O–H groups in total. The Labute approximate surface area is 129 Å². The van der Waals surface area contributed by atoms with Crippen molar-refractivity contribution in [2.75, 3.05) is 5.73 Å². The van der Waals surface area contributed by atoms with Gasteiger partial charge in [0.15, 0.2) is 0 Å². The normalized spacial score (nSPS) is 10.8. The number of non-ortho nitro benzene ring substituents is 1. The molecule has 0 atom stereocenters. The topological polar surface area (TPSA) is 143 Å². The Morgan fingerprint density at radius 1 is 1.26 bits per heavy atom. The van der Waals surface area contributed by atoms with E-state index in [9.17, 15) is 14.9 Å². The fourth-order valence-electron chi connectivity index (χ4n) is 2.37. The van der Waals surface area contributed by atoms with E-state index in [-0.39, 0.29) is 17.1 Å². The van der Waals surface area contributed by atoms with E-state index in [0.717, 1.165) is 5.56 Å². The van der Waals surface area contributed by atoms with Gasteiger partial charge in [0, 0.05) is 24.9 Å². The molecule has 2 heterocycles. The van der Waals surface area contributed by atoms with Gasteiger partial charge in [0.05, 0.1) is 15.9 Å². The van der Waals surface area contributed by atoms with Crippen LogP contribution in [0.1, 0.15) is 15.9 Å². The monoisotopic (exact) mass is 312 g/mol. The maximum Gasteiger partial charge on any atom is 0.269 e. The number of nitrogens with zero attached hydrogens (tertiary/aromatic N) is 4. The molecule has 9 nitrogen and oxygen atoms in total. The molecule has 3 rings (SSSR count). The highest BCUT2D eigenvalue weighted by Crippen LogP contribution is 2.24. The van der Waals surface area contributed by atoms with Crippen molar-refractivity contribution in [1.29, 1.82) is 0 Å². The minimum absolute atomic E-state index is 0.00973. The molecule has 116 valence electrons. The number of carbonyl (C=O) groups excluding carboxylic acids is 1. The minimum atomic E-state index is -0.626. The third-order valence-corrected chi connectivity index (χ3v) is 3.45. The molecule has 0 saturated heterocycles. The van der Waals surface area contributed by atoms with E-state index in [4.69, 9.17) is 11.5 Å². The molecule has 0 spiro atoms. The number of nitro groups is 1. The van der Waals surface area contributed by atoms with Crippen LogP contribution in [0.4, 0.5) is 11.5 Å². The van der Waals surface area contributed by atoms with E-state index in [1.54, 1.807) is 22.9 Å². The molecule has 3 aromatic rings. The van der Waals surface area contributed by atoms with Crippen LogP contribution in [0.25, 0.3) is 11.0 Å². The molecule has 0 aliphatic heterocycles. The number of nitrogens with two attached hydrogens (primary N) is 2. The lowest BCUT2D eigenvalue weighted by Gasteiger charge is -2.05. The molecule has 2 aromatic heterocycles. The molecule has 0 aliphatic carbocycles. The molecular formula is C14H12N6O3. The summed E-state index contributed by atoms with van der Waals surface area (Å²) in [6.07, 6.45) is 2.86. The zero-order chi connectivity index (χ0) is 16.6. The second kappa shape index (κ2) is 5.37. The Balaban J connectivity index is 2.05. The predicted octanol–water partition coefficient (Wildman–Crippen LogP) is 1.07. The number of hydrogen-bond donors (Lipinski definition) is 2. The molecule has 0 unspecified atom stereocenters. The maximum atomic E-state index is 11.6. The van der Waals surface area contributed by atoms with Crippen molar-refractivity contribution >= 4 is 28.4 Å². The number of aromatic nitrogens is 3. The molecule has 1 amide bonds. The Bertz CT molecular complexity index is 916. The van der Waals surface area contributed by atoms with Gasteiger partial charge in [0.25, 0.3) is 11.6 Å². The number of fused-ring (bicyclic) bond motifs is 1. The number of primary amides is 1. The Morgan fingerprint density at radius 2 is 1.96 bits per heavy atom. The summed E-state index contributed by atoms with van der Waals surface area (Å²) in [6, 6.07) is 6.11. The lowest BCUT2D eigenvalue weighted by molar-refractivity contribution is -0.384. The van der Waals surface area contributed by atoms with E-state index < -0.39 is 10.8 Å². The van der Waals surface area contributed by atoms with Gasteiger partial charge < -0.3 is 16.0 Å². The largest absolute Gasteiger partial charge is 0.383 e. The average molecular weight is 312 g/mol. The van der Waals surface area contributed by atoms with Crippen LogP contribution in [-0.2, 0) is 6.54 Å². The molecule has 23 heavy (non-hydrogen) atoms. The first-order chi connectivity index (χ1) is 11.0. The smallest absolute Gasteiger partial charge is 0.269 e. The lowest BCUT2D eigenvalue weighted by atomic mass is 10.2. The van der Waals surface area contributed by atoms with E-state index in [1.807, 2.05) is 0 Å². The number of nitro benzene ring substituents is 1. The maximum absolute atomic E-state index is 11.6. The van der Waals surface area contributed by atoms with Crippen LogP contribution in [-0.4, -0.2) is 25.4 Å². The van der Waals surface area contributed by atoms with Crippen LogP contribution < -0.4 is 11.5 Å². The van der Waals surface area contributed by atoms with E-state index >= 15 is 0 Å². The van der Waals surface area contributed by atoms with Gasteiger partial charge in [-0.15, -0.1) is 0 Å². The number of carbonyl (C=O) groups is 1. The number of hydrogen-bond acceptors (Lipinski definition) is 6. The summed E-state index contributed by atoms with van der Waals surface area (Å²) >= 11 is 0. The first-order valence-electron chi connectivity index (χ1n) is 6.60. The summed E-state index contributed by atoms with van der Waals surface area (Å²) < 4.78 is 1.70. The predicted molar refractivity (Wildman–Crippen MR) is 82.7 cm³/mol. The number of rotatable bonds is 4. The summed E-state index contributed by atoms with van der Waals surface area (Å²) in [5, 5.41) is 11.1. The number of amides is 1. The summed E-state index contributed by atoms with van der Waals surface area (Å²) in [6.45, 7) is 0.359. The quantitative estimate of drug-likeness (QED) is 0.544. The van der Waals surface area contributed by atoms with Crippen LogP contribution >= 0.6 is 0 Å². The molecule has 9 heteroatoms. The van der Waals surface area contributed by atoms with Gasteiger partial charge in [-0.3, -0.25) is 14.9 Å². The zero-order valence-corrected chi connectivity index (χ0v) is 11.8. The number of anilines is 1. The Morgan fingerprint density at radius 3 is 2.57 bits per heavy atom. The summed E-state index contributed by atoms with van der Waals surface area (Å²) in [7, 11) is 0. The first-order valence-corrected chi connectivity index (χ1v) is 6.60. The second-order valence-electron chi connectivity index (χ2n) is 4.92. The van der Waals surface area contributed by atoms with Gasteiger partial charge in [-0.05, 0) is 5.56 Å². The van der Waals surface area contributed by atoms with Crippen molar-refractivity contribution in [3.05, 3.63) is 58.0 Å². The number of nitrogen functional groups attached to an aromatic ring is 1. The molecular weight excluding hydrogens is 300 g/mol. The summed E-state index contributed by atoms with van der Waals surface area (Å²) in [5.74, 6) is -0.454. The zero-order valence-electron chi connectivity index (χ0n) is 11.8. The molecule has 0 aliphatic rings. The Kier molecular flexibility index (Phi) is 3.37. The van der Waals surface area contributed by atoms with Crippen LogP contribution in [0, 0.1) is 10.1 Å². The van der Waals surface area contributed by atoms with Crippen molar-refractivity contribution < 1.29 is 9.72 Å². The molecule has 0 fully saturated rings. The first kappa shape index (κ1) is 14.4. The van der Waals surface area contributed by atoms with Crippen molar-refractivity contribution in [3.8, 4) is 0 Å². The molecule has 0 saturated carbocycles. The highest BCUT2D eigenvalue weighted by atomic mass is 16.6. The van der Waals surface area contributed by atoms with Gasteiger partial charge in [0.2, 0.25) is 0 Å². The van der Waals surface area contributed by atoms with Crippen LogP contribution in [0.3, 0.4) is 0 Å². The van der Waals surface area contributed by atoms with Crippen molar-refractivity contribution in [3.63, 3.8) is 0 Å². The molecule has 0 radical (unpaired) electrons. The third kappa shape index (κ3) is 2.55. The van der Waals surface area contributed by atoms with Crippen molar-refractivity contribution in [1.82, 2.24) is 14.5 Å². The van der Waals surface area contributed by atoms with Gasteiger partial charge >= 0.3 is 0 Å². The van der Waals surface area contributed by atoms with Gasteiger partial charge in [0.1, 0.15) is 17.8 Å². The van der Waals surface area contributed by atoms with Crippen molar-refractivity contribution in [2.24, 2.45) is 5.73 Å². The van der Waals surface area contributed by atoms with Crippen LogP contribution in [0.5, 0.6) is 0 Å². The van der Waals surface area contributed by atoms with Crippen molar-refractivity contribution in [2.45, 2.75) is 6.54 Å². The summed E-state index contributed by atoms with van der Waals surface area (Å²) in [4.78, 5) is 29.8. The Hall–Kier alpha value is -3.49.